The average molecular weight is 251 g/mol. The van der Waals surface area contributed by atoms with E-state index in [0.29, 0.717) is 0 Å². The molecule has 4 heteroatoms. The zero-order valence-electron chi connectivity index (χ0n) is 6.97. The molecule has 0 aliphatic rings. The van der Waals surface area contributed by atoms with Gasteiger partial charge in [-0.15, -0.1) is 0 Å². The molecule has 1 aromatic carbocycles. The van der Waals surface area contributed by atoms with Gasteiger partial charge in [0.05, 0.1) is 0 Å². The van der Waals surface area contributed by atoms with Gasteiger partial charge in [0, 0.05) is 4.47 Å². The second-order valence-electron chi connectivity index (χ2n) is 2.96. The van der Waals surface area contributed by atoms with Gasteiger partial charge in [0.15, 0.2) is 0 Å². The molecule has 0 bridgehead atoms. The Hall–Kier alpha value is -0.480. The van der Waals surface area contributed by atoms with E-state index in [9.17, 15) is 13.9 Å². The molecule has 0 radical (unpaired) electrons. The number of hydrogen-bond acceptors (Lipinski definition) is 1. The van der Waals surface area contributed by atoms with E-state index in [1.807, 2.05) is 0 Å². The highest BCUT2D eigenvalue weighted by Gasteiger charge is 2.33. The van der Waals surface area contributed by atoms with Gasteiger partial charge in [-0.3, -0.25) is 0 Å². The van der Waals surface area contributed by atoms with Gasteiger partial charge in [-0.25, -0.2) is 8.78 Å². The molecule has 1 nitrogen and oxygen atoms in total. The zero-order valence-corrected chi connectivity index (χ0v) is 8.55. The molecule has 0 spiro atoms. The van der Waals surface area contributed by atoms with E-state index < -0.39 is 12.0 Å². The van der Waals surface area contributed by atoms with Gasteiger partial charge in [0.2, 0.25) is 0 Å². The first-order valence-corrected chi connectivity index (χ1v) is 4.50. The minimum absolute atomic E-state index is 0.214. The number of aliphatic hydroxyl groups is 1. The van der Waals surface area contributed by atoms with Crippen molar-refractivity contribution in [3.8, 4) is 0 Å². The lowest BCUT2D eigenvalue weighted by Crippen LogP contribution is -2.30. The van der Waals surface area contributed by atoms with Crippen LogP contribution in [0.1, 0.15) is 12.5 Å². The summed E-state index contributed by atoms with van der Waals surface area (Å²) in [5.41, 5.74) is -1.86. The molecule has 0 saturated heterocycles. The van der Waals surface area contributed by atoms with Gasteiger partial charge < -0.3 is 5.11 Å². The van der Waals surface area contributed by atoms with Crippen molar-refractivity contribution in [2.24, 2.45) is 0 Å². The Morgan fingerprint density at radius 2 is 1.77 bits per heavy atom. The quantitative estimate of drug-likeness (QED) is 0.856. The average Bonchev–Trinajstić information content (AvgIpc) is 2.04. The third-order valence-corrected chi connectivity index (χ3v) is 2.38. The Morgan fingerprint density at radius 1 is 1.31 bits per heavy atom. The van der Waals surface area contributed by atoms with Crippen LogP contribution in [0.4, 0.5) is 8.78 Å². The fraction of sp³-hybridized carbons (Fsp3) is 0.333. The molecule has 0 saturated carbocycles. The minimum atomic E-state index is -2.78. The van der Waals surface area contributed by atoms with Crippen molar-refractivity contribution in [2.75, 3.05) is 0 Å². The van der Waals surface area contributed by atoms with Crippen molar-refractivity contribution in [3.63, 3.8) is 0 Å². The van der Waals surface area contributed by atoms with Crippen molar-refractivity contribution in [1.29, 1.82) is 0 Å². The first-order valence-electron chi connectivity index (χ1n) is 3.71. The van der Waals surface area contributed by atoms with Crippen LogP contribution in [0.3, 0.4) is 0 Å². The van der Waals surface area contributed by atoms with E-state index in [4.69, 9.17) is 0 Å². The molecule has 0 aliphatic carbocycles. The summed E-state index contributed by atoms with van der Waals surface area (Å²) in [6.45, 7) is 1.10. The van der Waals surface area contributed by atoms with Crippen LogP contribution in [-0.2, 0) is 5.60 Å². The maximum absolute atomic E-state index is 12.3. The maximum Gasteiger partial charge on any atom is 0.270 e. The molecule has 0 heterocycles. The van der Waals surface area contributed by atoms with Gasteiger partial charge >= 0.3 is 0 Å². The first kappa shape index (κ1) is 10.6. The molecule has 0 aliphatic heterocycles. The highest BCUT2D eigenvalue weighted by molar-refractivity contribution is 9.10. The van der Waals surface area contributed by atoms with E-state index in [-0.39, 0.29) is 5.56 Å². The maximum atomic E-state index is 12.3. The van der Waals surface area contributed by atoms with Gasteiger partial charge in [-0.05, 0) is 24.6 Å². The number of hydrogen-bond donors (Lipinski definition) is 1. The van der Waals surface area contributed by atoms with Crippen LogP contribution < -0.4 is 0 Å². The van der Waals surface area contributed by atoms with Gasteiger partial charge in [0.1, 0.15) is 5.60 Å². The van der Waals surface area contributed by atoms with Gasteiger partial charge in [-0.1, -0.05) is 28.1 Å². The summed E-state index contributed by atoms with van der Waals surface area (Å²) in [5, 5.41) is 9.39. The third-order valence-electron chi connectivity index (χ3n) is 1.85. The normalized spacial score (nSPS) is 15.8. The van der Waals surface area contributed by atoms with Gasteiger partial charge in [-0.2, -0.15) is 0 Å². The van der Waals surface area contributed by atoms with Crippen LogP contribution in [0.25, 0.3) is 0 Å². The van der Waals surface area contributed by atoms with E-state index in [2.05, 4.69) is 15.9 Å². The number of rotatable bonds is 2. The Morgan fingerprint density at radius 3 is 2.15 bits per heavy atom. The summed E-state index contributed by atoms with van der Waals surface area (Å²) in [7, 11) is 0. The second kappa shape index (κ2) is 3.72. The number of benzene rings is 1. The standard InChI is InChI=1S/C9H9BrF2O/c1-9(13,8(11)12)6-2-4-7(10)5-3-6/h2-5,8,13H,1H3/t9-/m0/s1. The number of alkyl halides is 2. The first-order chi connectivity index (χ1) is 5.94. The largest absolute Gasteiger partial charge is 0.379 e. The molecular formula is C9H9BrF2O. The van der Waals surface area contributed by atoms with E-state index in [1.54, 1.807) is 12.1 Å². The summed E-state index contributed by atoms with van der Waals surface area (Å²) in [4.78, 5) is 0. The molecule has 13 heavy (non-hydrogen) atoms. The van der Waals surface area contributed by atoms with Crippen molar-refractivity contribution < 1.29 is 13.9 Å². The predicted octanol–water partition coefficient (Wildman–Crippen LogP) is 2.92. The van der Waals surface area contributed by atoms with Crippen LogP contribution in [0.15, 0.2) is 28.7 Å². The molecule has 72 valence electrons. The summed E-state index contributed by atoms with van der Waals surface area (Å²) >= 11 is 3.18. The summed E-state index contributed by atoms with van der Waals surface area (Å²) in [6, 6.07) is 6.17. The fourth-order valence-corrected chi connectivity index (χ4v) is 1.18. The lowest BCUT2D eigenvalue weighted by molar-refractivity contribution is -0.0883. The SMILES string of the molecule is C[C@](O)(c1ccc(Br)cc1)C(F)F. The highest BCUT2D eigenvalue weighted by Crippen LogP contribution is 2.28. The molecule has 0 aromatic heterocycles. The van der Waals surface area contributed by atoms with Crippen LogP contribution in [0.5, 0.6) is 0 Å². The van der Waals surface area contributed by atoms with Crippen LogP contribution >= 0.6 is 15.9 Å². The van der Waals surface area contributed by atoms with Crippen molar-refractivity contribution in [3.05, 3.63) is 34.3 Å². The number of halogens is 3. The highest BCUT2D eigenvalue weighted by atomic mass is 79.9. The van der Waals surface area contributed by atoms with Crippen LogP contribution in [0.2, 0.25) is 0 Å². The lowest BCUT2D eigenvalue weighted by atomic mass is 9.97. The Labute approximate surface area is 83.5 Å². The smallest absolute Gasteiger partial charge is 0.270 e. The summed E-state index contributed by atoms with van der Waals surface area (Å²) in [6.07, 6.45) is -2.78. The third kappa shape index (κ3) is 2.25. The van der Waals surface area contributed by atoms with E-state index in [0.717, 1.165) is 11.4 Å². The van der Waals surface area contributed by atoms with Crippen LogP contribution in [0, 0.1) is 0 Å². The monoisotopic (exact) mass is 250 g/mol. The summed E-state index contributed by atoms with van der Waals surface area (Å²) < 4.78 is 25.5. The Balaban J connectivity index is 3.01. The molecular weight excluding hydrogens is 242 g/mol. The van der Waals surface area contributed by atoms with E-state index >= 15 is 0 Å². The summed E-state index contributed by atoms with van der Waals surface area (Å²) in [5.74, 6) is 0. The van der Waals surface area contributed by atoms with Gasteiger partial charge in [0.25, 0.3) is 6.43 Å². The Kier molecular flexibility index (Phi) is 3.03. The van der Waals surface area contributed by atoms with Crippen molar-refractivity contribution in [1.82, 2.24) is 0 Å². The van der Waals surface area contributed by atoms with Crippen molar-refractivity contribution in [2.45, 2.75) is 19.0 Å². The van der Waals surface area contributed by atoms with Crippen LogP contribution in [-0.4, -0.2) is 11.5 Å². The molecule has 1 N–H and O–H groups in total. The zero-order chi connectivity index (χ0) is 10.1. The molecule has 1 rings (SSSR count). The molecule has 0 fully saturated rings. The van der Waals surface area contributed by atoms with Crippen molar-refractivity contribution >= 4 is 15.9 Å². The molecule has 1 aromatic rings. The van der Waals surface area contributed by atoms with E-state index in [1.165, 1.54) is 12.1 Å². The Bertz CT molecular complexity index is 282. The minimum Gasteiger partial charge on any atom is -0.379 e. The lowest BCUT2D eigenvalue weighted by Gasteiger charge is -2.22. The fourth-order valence-electron chi connectivity index (χ4n) is 0.913. The topological polar surface area (TPSA) is 20.2 Å². The second-order valence-corrected chi connectivity index (χ2v) is 3.87. The molecule has 0 unspecified atom stereocenters. The molecule has 1 atom stereocenters. The molecule has 0 amide bonds. The predicted molar refractivity (Wildman–Crippen MR) is 49.7 cm³/mol.